The zero-order chi connectivity index (χ0) is 24.6. The molecule has 2 aromatic rings. The summed E-state index contributed by atoms with van der Waals surface area (Å²) < 4.78 is 31.0. The third kappa shape index (κ3) is 7.75. The van der Waals surface area contributed by atoms with Gasteiger partial charge in [-0.1, -0.05) is 17.7 Å². The molecule has 0 bridgehead atoms. The highest BCUT2D eigenvalue weighted by atomic mass is 32.2. The van der Waals surface area contributed by atoms with Gasteiger partial charge in [0.25, 0.3) is 5.91 Å². The highest BCUT2D eigenvalue weighted by molar-refractivity contribution is 7.99. The Morgan fingerprint density at radius 1 is 1.06 bits per heavy atom. The maximum atomic E-state index is 12.6. The van der Waals surface area contributed by atoms with E-state index in [1.807, 2.05) is 6.92 Å². The van der Waals surface area contributed by atoms with E-state index in [0.29, 0.717) is 44.1 Å². The molecule has 2 amide bonds. The maximum absolute atomic E-state index is 12.6. The van der Waals surface area contributed by atoms with Crippen molar-refractivity contribution in [2.24, 2.45) is 0 Å². The van der Waals surface area contributed by atoms with Crippen LogP contribution in [0.25, 0.3) is 0 Å². The fourth-order valence-corrected chi connectivity index (χ4v) is 5.14. The van der Waals surface area contributed by atoms with E-state index in [1.165, 1.54) is 10.5 Å². The lowest BCUT2D eigenvalue weighted by atomic mass is 10.1. The van der Waals surface area contributed by atoms with Crippen molar-refractivity contribution in [2.75, 3.05) is 55.7 Å². The third-order valence-corrected chi connectivity index (χ3v) is 7.56. The molecular weight excluding hydrogens is 474 g/mol. The van der Waals surface area contributed by atoms with Crippen LogP contribution in [-0.4, -0.2) is 76.5 Å². The quantitative estimate of drug-likeness (QED) is 0.394. The van der Waals surface area contributed by atoms with Crippen LogP contribution < -0.4 is 9.62 Å². The summed E-state index contributed by atoms with van der Waals surface area (Å²) in [5.41, 5.74) is 2.02. The molecule has 0 aromatic heterocycles. The van der Waals surface area contributed by atoms with Crippen LogP contribution >= 0.6 is 11.8 Å². The first kappa shape index (κ1) is 26.1. The van der Waals surface area contributed by atoms with Crippen molar-refractivity contribution in [3.8, 4) is 0 Å². The Balaban J connectivity index is 1.51. The van der Waals surface area contributed by atoms with Crippen LogP contribution in [0.3, 0.4) is 0 Å². The monoisotopic (exact) mass is 505 g/mol. The Kier molecular flexibility index (Phi) is 9.37. The molecule has 2 aromatic carbocycles. The normalized spacial score (nSPS) is 14.0. The lowest BCUT2D eigenvalue weighted by molar-refractivity contribution is -0.119. The topological polar surface area (TPSA) is 96.0 Å². The van der Waals surface area contributed by atoms with Gasteiger partial charge in [-0.05, 0) is 55.5 Å². The van der Waals surface area contributed by atoms with Gasteiger partial charge in [0, 0.05) is 30.1 Å². The number of anilines is 1. The van der Waals surface area contributed by atoms with Crippen LogP contribution in [0, 0.1) is 6.92 Å². The number of sulfonamides is 1. The molecule has 3 rings (SSSR count). The molecule has 0 unspecified atom stereocenters. The van der Waals surface area contributed by atoms with Gasteiger partial charge in [0.1, 0.15) is 6.54 Å². The van der Waals surface area contributed by atoms with Gasteiger partial charge in [-0.3, -0.25) is 13.9 Å². The zero-order valence-electron chi connectivity index (χ0n) is 19.5. The Hall–Kier alpha value is -2.56. The molecule has 34 heavy (non-hydrogen) atoms. The van der Waals surface area contributed by atoms with Crippen LogP contribution in [0.4, 0.5) is 5.69 Å². The van der Waals surface area contributed by atoms with Gasteiger partial charge in [-0.25, -0.2) is 8.42 Å². The average molecular weight is 506 g/mol. The van der Waals surface area contributed by atoms with E-state index in [-0.39, 0.29) is 18.4 Å². The van der Waals surface area contributed by atoms with Crippen LogP contribution in [0.1, 0.15) is 22.3 Å². The fraction of sp³-hybridized carbons (Fsp3) is 0.417. The molecule has 0 saturated carbocycles. The second kappa shape index (κ2) is 12.2. The highest BCUT2D eigenvalue weighted by Gasteiger charge is 2.22. The highest BCUT2D eigenvalue weighted by Crippen LogP contribution is 2.20. The van der Waals surface area contributed by atoms with E-state index < -0.39 is 10.0 Å². The maximum Gasteiger partial charge on any atom is 0.254 e. The number of benzene rings is 2. The second-order valence-corrected chi connectivity index (χ2v) is 11.2. The van der Waals surface area contributed by atoms with Crippen LogP contribution in [0.5, 0.6) is 0 Å². The van der Waals surface area contributed by atoms with Gasteiger partial charge >= 0.3 is 0 Å². The lowest BCUT2D eigenvalue weighted by Gasteiger charge is -2.27. The van der Waals surface area contributed by atoms with Crippen molar-refractivity contribution in [2.45, 2.75) is 18.2 Å². The smallest absolute Gasteiger partial charge is 0.254 e. The summed E-state index contributed by atoms with van der Waals surface area (Å²) in [6, 6.07) is 14.6. The van der Waals surface area contributed by atoms with Gasteiger partial charge in [-0.15, -0.1) is 11.8 Å². The van der Waals surface area contributed by atoms with Crippen LogP contribution in [0.15, 0.2) is 53.4 Å². The molecule has 0 atom stereocenters. The minimum atomic E-state index is -3.68. The Morgan fingerprint density at radius 2 is 1.71 bits per heavy atom. The first-order valence-corrected chi connectivity index (χ1v) is 14.0. The number of ether oxygens (including phenoxy) is 1. The molecule has 8 nitrogen and oxygen atoms in total. The van der Waals surface area contributed by atoms with Crippen molar-refractivity contribution in [3.63, 3.8) is 0 Å². The Bertz CT molecular complexity index is 1070. The lowest BCUT2D eigenvalue weighted by Crippen LogP contribution is -2.41. The number of amides is 2. The van der Waals surface area contributed by atoms with E-state index in [0.717, 1.165) is 22.7 Å². The number of aryl methyl sites for hydroxylation is 1. The zero-order valence-corrected chi connectivity index (χ0v) is 21.2. The van der Waals surface area contributed by atoms with Gasteiger partial charge in [0.15, 0.2) is 0 Å². The minimum Gasteiger partial charge on any atom is -0.378 e. The number of morpholine rings is 1. The Morgan fingerprint density at radius 3 is 2.32 bits per heavy atom. The number of nitrogens with one attached hydrogen (secondary N) is 1. The first-order chi connectivity index (χ1) is 16.2. The summed E-state index contributed by atoms with van der Waals surface area (Å²) in [6.45, 7) is 4.25. The van der Waals surface area contributed by atoms with Gasteiger partial charge in [0.2, 0.25) is 15.9 Å². The number of rotatable bonds is 10. The number of nitrogens with zero attached hydrogens (tertiary/aromatic N) is 2. The number of hydrogen-bond acceptors (Lipinski definition) is 6. The molecule has 184 valence electrons. The third-order valence-electron chi connectivity index (χ3n) is 5.32. The molecule has 1 aliphatic heterocycles. The Labute approximate surface area is 205 Å². The van der Waals surface area contributed by atoms with E-state index in [1.54, 1.807) is 40.9 Å². The second-order valence-electron chi connectivity index (χ2n) is 8.09. The van der Waals surface area contributed by atoms with E-state index in [9.17, 15) is 18.0 Å². The molecular formula is C24H31N3O5S2. The van der Waals surface area contributed by atoms with Crippen molar-refractivity contribution in [1.29, 1.82) is 0 Å². The van der Waals surface area contributed by atoms with E-state index in [2.05, 4.69) is 29.6 Å². The molecule has 1 aliphatic rings. The summed E-state index contributed by atoms with van der Waals surface area (Å²) >= 11 is 1.71. The predicted molar refractivity (Wildman–Crippen MR) is 135 cm³/mol. The van der Waals surface area contributed by atoms with E-state index in [4.69, 9.17) is 4.74 Å². The van der Waals surface area contributed by atoms with Crippen molar-refractivity contribution in [3.05, 3.63) is 59.7 Å². The molecule has 1 fully saturated rings. The van der Waals surface area contributed by atoms with Crippen LogP contribution in [-0.2, 0) is 19.6 Å². The molecule has 0 radical (unpaired) electrons. The summed E-state index contributed by atoms with van der Waals surface area (Å²) in [7, 11) is -3.68. The van der Waals surface area contributed by atoms with Crippen LogP contribution in [0.2, 0.25) is 0 Å². The predicted octanol–water partition coefficient (Wildman–Crippen LogP) is 2.53. The summed E-state index contributed by atoms with van der Waals surface area (Å²) in [5, 5.41) is 2.79. The number of hydrogen-bond donors (Lipinski definition) is 1. The molecule has 1 N–H and O–H groups in total. The first-order valence-electron chi connectivity index (χ1n) is 11.1. The molecule has 1 heterocycles. The van der Waals surface area contributed by atoms with Gasteiger partial charge in [-0.2, -0.15) is 0 Å². The molecule has 10 heteroatoms. The van der Waals surface area contributed by atoms with Crippen molar-refractivity contribution >= 4 is 39.3 Å². The summed E-state index contributed by atoms with van der Waals surface area (Å²) in [6.07, 6.45) is 1.83. The van der Waals surface area contributed by atoms with Gasteiger partial charge < -0.3 is 15.0 Å². The van der Waals surface area contributed by atoms with Gasteiger partial charge in [0.05, 0.1) is 25.2 Å². The number of carbonyl (C=O) groups is 2. The average Bonchev–Trinajstić information content (AvgIpc) is 2.83. The largest absolute Gasteiger partial charge is 0.378 e. The van der Waals surface area contributed by atoms with Crippen molar-refractivity contribution < 1.29 is 22.7 Å². The van der Waals surface area contributed by atoms with E-state index >= 15 is 0 Å². The summed E-state index contributed by atoms with van der Waals surface area (Å²) in [5.74, 6) is 0.346. The summed E-state index contributed by atoms with van der Waals surface area (Å²) in [4.78, 5) is 27.9. The number of carbonyl (C=O) groups excluding carboxylic acids is 2. The standard InChI is InChI=1S/C24H31N3O5S2/c1-19-4-10-22(11-5-19)33-17-3-12-25-23(28)18-27(34(2,30)31)21-8-6-20(7-9-21)24(29)26-13-15-32-16-14-26/h4-11H,3,12-18H2,1-2H3,(H,25,28). The molecule has 0 spiro atoms. The fourth-order valence-electron chi connectivity index (χ4n) is 3.43. The number of thioether (sulfide) groups is 1. The molecule has 1 saturated heterocycles. The molecule has 0 aliphatic carbocycles. The SMILES string of the molecule is Cc1ccc(SCCCNC(=O)CN(c2ccc(C(=O)N3CCOCC3)cc2)S(C)(=O)=O)cc1. The van der Waals surface area contributed by atoms with Crippen molar-refractivity contribution in [1.82, 2.24) is 10.2 Å². The minimum absolute atomic E-state index is 0.123.